The van der Waals surface area contributed by atoms with Crippen molar-refractivity contribution in [1.82, 2.24) is 0 Å². The van der Waals surface area contributed by atoms with Crippen LogP contribution < -0.4 is 5.32 Å². The van der Waals surface area contributed by atoms with E-state index in [1.54, 1.807) is 18.2 Å². The van der Waals surface area contributed by atoms with Crippen molar-refractivity contribution in [1.29, 1.82) is 0 Å². The van der Waals surface area contributed by atoms with E-state index in [-0.39, 0.29) is 18.6 Å². The molecule has 1 amide bonds. The Hall–Kier alpha value is -1.88. The van der Waals surface area contributed by atoms with Crippen LogP contribution >= 0.6 is 0 Å². The summed E-state index contributed by atoms with van der Waals surface area (Å²) < 4.78 is 9.85. The van der Waals surface area contributed by atoms with Crippen LogP contribution in [0.5, 0.6) is 0 Å². The Morgan fingerprint density at radius 1 is 1.32 bits per heavy atom. The molecule has 0 aliphatic carbocycles. The lowest BCUT2D eigenvalue weighted by molar-refractivity contribution is -0.121. The maximum Gasteiger partial charge on any atom is 0.337 e. The van der Waals surface area contributed by atoms with Gasteiger partial charge in [0, 0.05) is 5.69 Å². The van der Waals surface area contributed by atoms with Gasteiger partial charge in [-0.3, -0.25) is 4.79 Å². The third kappa shape index (κ3) is 4.71. The number of anilines is 1. The van der Waals surface area contributed by atoms with Crippen molar-refractivity contribution in [2.75, 3.05) is 19.0 Å². The van der Waals surface area contributed by atoms with Gasteiger partial charge in [0.1, 0.15) is 6.61 Å². The molecule has 104 valence electrons. The molecule has 0 aliphatic rings. The Kier molecular flexibility index (Phi) is 5.51. The standard InChI is InChI=1S/C14H19NO4/c1-9(2)19-8-13(16)15-12-7-11(14(17)18-4)6-5-10(12)3/h5-7,9H,8H2,1-4H3,(H,15,16). The quantitative estimate of drug-likeness (QED) is 0.828. The molecular formula is C14H19NO4. The zero-order valence-corrected chi connectivity index (χ0v) is 11.6. The molecule has 5 nitrogen and oxygen atoms in total. The number of methoxy groups -OCH3 is 1. The van der Waals surface area contributed by atoms with Gasteiger partial charge in [-0.2, -0.15) is 0 Å². The Bertz CT molecular complexity index is 469. The van der Waals surface area contributed by atoms with E-state index in [1.165, 1.54) is 7.11 Å². The van der Waals surface area contributed by atoms with Gasteiger partial charge in [-0.1, -0.05) is 6.07 Å². The minimum atomic E-state index is -0.436. The van der Waals surface area contributed by atoms with Crippen LogP contribution in [-0.2, 0) is 14.3 Å². The van der Waals surface area contributed by atoms with Crippen LogP contribution in [0.1, 0.15) is 29.8 Å². The molecule has 0 fully saturated rings. The first-order valence-corrected chi connectivity index (χ1v) is 6.04. The topological polar surface area (TPSA) is 64.6 Å². The van der Waals surface area contributed by atoms with Gasteiger partial charge < -0.3 is 14.8 Å². The molecule has 1 rings (SSSR count). The Morgan fingerprint density at radius 3 is 2.58 bits per heavy atom. The summed E-state index contributed by atoms with van der Waals surface area (Å²) in [6.45, 7) is 5.55. The summed E-state index contributed by atoms with van der Waals surface area (Å²) in [7, 11) is 1.32. The molecule has 1 aromatic carbocycles. The number of carbonyl (C=O) groups excluding carboxylic acids is 2. The number of carbonyl (C=O) groups is 2. The van der Waals surface area contributed by atoms with Crippen LogP contribution in [0.4, 0.5) is 5.69 Å². The second-order valence-electron chi connectivity index (χ2n) is 4.43. The van der Waals surface area contributed by atoms with Crippen molar-refractivity contribution in [3.05, 3.63) is 29.3 Å². The lowest BCUT2D eigenvalue weighted by atomic mass is 10.1. The largest absolute Gasteiger partial charge is 0.465 e. The van der Waals surface area contributed by atoms with E-state index in [1.807, 2.05) is 20.8 Å². The number of hydrogen-bond acceptors (Lipinski definition) is 4. The van der Waals surface area contributed by atoms with Crippen molar-refractivity contribution < 1.29 is 19.1 Å². The lowest BCUT2D eigenvalue weighted by Gasteiger charge is -2.11. The summed E-state index contributed by atoms with van der Waals surface area (Å²) in [6.07, 6.45) is -0.00625. The summed E-state index contributed by atoms with van der Waals surface area (Å²) in [4.78, 5) is 23.1. The fourth-order valence-electron chi connectivity index (χ4n) is 1.43. The summed E-state index contributed by atoms with van der Waals surface area (Å²) >= 11 is 0. The number of nitrogens with one attached hydrogen (secondary N) is 1. The SMILES string of the molecule is COC(=O)c1ccc(C)c(NC(=O)COC(C)C)c1. The second-order valence-corrected chi connectivity index (χ2v) is 4.43. The molecule has 0 unspecified atom stereocenters. The van der Waals surface area contributed by atoms with Crippen LogP contribution in [0.3, 0.4) is 0 Å². The van der Waals surface area contributed by atoms with Crippen molar-refractivity contribution >= 4 is 17.6 Å². The molecule has 5 heteroatoms. The van der Waals surface area contributed by atoms with E-state index in [9.17, 15) is 9.59 Å². The molecule has 1 N–H and O–H groups in total. The lowest BCUT2D eigenvalue weighted by Crippen LogP contribution is -2.21. The molecule has 0 saturated carbocycles. The highest BCUT2D eigenvalue weighted by Crippen LogP contribution is 2.17. The average molecular weight is 265 g/mol. The van der Waals surface area contributed by atoms with E-state index < -0.39 is 5.97 Å². The minimum Gasteiger partial charge on any atom is -0.465 e. The van der Waals surface area contributed by atoms with Crippen molar-refractivity contribution in [2.45, 2.75) is 26.9 Å². The van der Waals surface area contributed by atoms with Gasteiger partial charge in [0.15, 0.2) is 0 Å². The van der Waals surface area contributed by atoms with E-state index in [0.29, 0.717) is 11.3 Å². The number of ether oxygens (including phenoxy) is 2. The maximum absolute atomic E-state index is 11.7. The van der Waals surface area contributed by atoms with Crippen LogP contribution in [0.2, 0.25) is 0 Å². The Morgan fingerprint density at radius 2 is 2.00 bits per heavy atom. The molecule has 19 heavy (non-hydrogen) atoms. The summed E-state index contributed by atoms with van der Waals surface area (Å²) in [5, 5.41) is 2.71. The summed E-state index contributed by atoms with van der Waals surface area (Å²) in [5.41, 5.74) is 1.85. The van der Waals surface area contributed by atoms with Gasteiger partial charge in [0.05, 0.1) is 18.8 Å². The molecule has 0 saturated heterocycles. The zero-order valence-electron chi connectivity index (χ0n) is 11.6. The molecule has 0 bridgehead atoms. The van der Waals surface area contributed by atoms with E-state index in [4.69, 9.17) is 4.74 Å². The van der Waals surface area contributed by atoms with Crippen LogP contribution in [0.25, 0.3) is 0 Å². The first kappa shape index (κ1) is 15.2. The highest BCUT2D eigenvalue weighted by atomic mass is 16.5. The first-order chi connectivity index (χ1) is 8.93. The van der Waals surface area contributed by atoms with Crippen LogP contribution in [0.15, 0.2) is 18.2 Å². The number of amides is 1. The third-order valence-corrected chi connectivity index (χ3v) is 2.48. The summed E-state index contributed by atoms with van der Waals surface area (Å²) in [5.74, 6) is -0.687. The highest BCUT2D eigenvalue weighted by Gasteiger charge is 2.10. The van der Waals surface area contributed by atoms with Gasteiger partial charge in [-0.05, 0) is 38.5 Å². The predicted molar refractivity (Wildman–Crippen MR) is 72.2 cm³/mol. The Labute approximate surface area is 112 Å². The fraction of sp³-hybridized carbons (Fsp3) is 0.429. The molecule has 0 atom stereocenters. The number of esters is 1. The fourth-order valence-corrected chi connectivity index (χ4v) is 1.43. The van der Waals surface area contributed by atoms with Gasteiger partial charge in [0.2, 0.25) is 5.91 Å². The number of aryl methyl sites for hydroxylation is 1. The molecule has 0 radical (unpaired) electrons. The van der Waals surface area contributed by atoms with Crippen molar-refractivity contribution in [2.24, 2.45) is 0 Å². The molecule has 0 aromatic heterocycles. The number of rotatable bonds is 5. The maximum atomic E-state index is 11.7. The highest BCUT2D eigenvalue weighted by molar-refractivity contribution is 5.95. The monoisotopic (exact) mass is 265 g/mol. The normalized spacial score (nSPS) is 10.4. The van der Waals surface area contributed by atoms with Crippen molar-refractivity contribution in [3.8, 4) is 0 Å². The van der Waals surface area contributed by atoms with Gasteiger partial charge in [0.25, 0.3) is 0 Å². The molecule has 0 heterocycles. The van der Waals surface area contributed by atoms with E-state index in [0.717, 1.165) is 5.56 Å². The van der Waals surface area contributed by atoms with Gasteiger partial charge in [-0.25, -0.2) is 4.79 Å². The third-order valence-electron chi connectivity index (χ3n) is 2.48. The summed E-state index contributed by atoms with van der Waals surface area (Å²) in [6, 6.07) is 5.00. The second kappa shape index (κ2) is 6.89. The molecule has 1 aromatic rings. The van der Waals surface area contributed by atoms with E-state index >= 15 is 0 Å². The van der Waals surface area contributed by atoms with Crippen LogP contribution in [-0.4, -0.2) is 31.7 Å². The first-order valence-electron chi connectivity index (χ1n) is 6.04. The van der Waals surface area contributed by atoms with Gasteiger partial charge >= 0.3 is 5.97 Å². The predicted octanol–water partition coefficient (Wildman–Crippen LogP) is 2.15. The molecule has 0 spiro atoms. The number of hydrogen-bond donors (Lipinski definition) is 1. The average Bonchev–Trinajstić information content (AvgIpc) is 2.38. The molecule has 0 aliphatic heterocycles. The zero-order chi connectivity index (χ0) is 14.4. The molecular weight excluding hydrogens is 246 g/mol. The minimum absolute atomic E-state index is 0.00625. The smallest absolute Gasteiger partial charge is 0.337 e. The Balaban J connectivity index is 2.77. The van der Waals surface area contributed by atoms with E-state index in [2.05, 4.69) is 10.1 Å². The van der Waals surface area contributed by atoms with Gasteiger partial charge in [-0.15, -0.1) is 0 Å². The van der Waals surface area contributed by atoms with Crippen molar-refractivity contribution in [3.63, 3.8) is 0 Å². The number of benzene rings is 1. The van der Waals surface area contributed by atoms with Crippen LogP contribution in [0, 0.1) is 6.92 Å².